The van der Waals surface area contributed by atoms with Crippen LogP contribution in [0, 0.1) is 0 Å². The molecule has 0 spiro atoms. The van der Waals surface area contributed by atoms with Gasteiger partial charge in [-0.05, 0) is 50.0 Å². The molecular formula is C21H28N2O3S. The Hall–Kier alpha value is -1.66. The van der Waals surface area contributed by atoms with Crippen LogP contribution in [-0.2, 0) is 4.79 Å². The first-order valence-electron chi connectivity index (χ1n) is 10.1. The molecule has 3 atom stereocenters. The Balaban J connectivity index is 1.54. The largest absolute Gasteiger partial charge is 0.490 e. The number of carbonyl (C=O) groups excluding carboxylic acids is 1. The number of hydrogen-bond donors (Lipinski definition) is 1. The van der Waals surface area contributed by atoms with Crippen molar-refractivity contribution < 1.29 is 14.3 Å². The highest BCUT2D eigenvalue weighted by Gasteiger charge is 2.49. The molecule has 3 unspecified atom stereocenters. The zero-order chi connectivity index (χ0) is 18.8. The molecule has 2 aliphatic heterocycles. The lowest BCUT2D eigenvalue weighted by atomic mass is 9.91. The fourth-order valence-electron chi connectivity index (χ4n) is 4.18. The van der Waals surface area contributed by atoms with Crippen molar-refractivity contribution in [3.05, 3.63) is 28.7 Å². The molecule has 4 rings (SSSR count). The number of rotatable bonds is 6. The van der Waals surface area contributed by atoms with Gasteiger partial charge in [-0.3, -0.25) is 10.1 Å². The number of nitrogens with one attached hydrogen (secondary N) is 1. The second-order valence-corrected chi connectivity index (χ2v) is 8.43. The molecule has 1 saturated carbocycles. The van der Waals surface area contributed by atoms with Gasteiger partial charge in [0, 0.05) is 12.1 Å². The van der Waals surface area contributed by atoms with E-state index in [1.165, 1.54) is 19.3 Å². The Morgan fingerprint density at radius 2 is 2.07 bits per heavy atom. The van der Waals surface area contributed by atoms with Gasteiger partial charge in [0.15, 0.2) is 11.5 Å². The standard InChI is InChI=1S/C21H28N2O3S/c1-3-11-26-17-10-9-14(12-18(17)25-4-2)13-19-20(24)23-16-8-6-5-7-15(16)22-21(23)27-19/h9-10,12-13,15-16,21-22H,3-8,11H2,1-2H3/b19-13-. The number of hydrogen-bond acceptors (Lipinski definition) is 5. The molecule has 0 aromatic heterocycles. The minimum atomic E-state index is 0.0929. The highest BCUT2D eigenvalue weighted by molar-refractivity contribution is 8.05. The lowest BCUT2D eigenvalue weighted by Crippen LogP contribution is -2.40. The van der Waals surface area contributed by atoms with Crippen LogP contribution in [0.1, 0.15) is 51.5 Å². The van der Waals surface area contributed by atoms with Crippen molar-refractivity contribution >= 4 is 23.7 Å². The maximum absolute atomic E-state index is 13.0. The average Bonchev–Trinajstić information content (AvgIpc) is 3.18. The summed E-state index contributed by atoms with van der Waals surface area (Å²) in [5.41, 5.74) is 1.06. The number of benzene rings is 1. The Kier molecular flexibility index (Phi) is 5.64. The highest BCUT2D eigenvalue weighted by Crippen LogP contribution is 2.44. The lowest BCUT2D eigenvalue weighted by Gasteiger charge is -2.29. The molecule has 1 amide bonds. The van der Waals surface area contributed by atoms with Crippen LogP contribution < -0.4 is 14.8 Å². The van der Waals surface area contributed by atoms with E-state index in [0.29, 0.717) is 25.3 Å². The molecule has 1 aliphatic carbocycles. The van der Waals surface area contributed by atoms with Crippen molar-refractivity contribution in [2.45, 2.75) is 63.5 Å². The summed E-state index contributed by atoms with van der Waals surface area (Å²) in [6.45, 7) is 5.30. The molecular weight excluding hydrogens is 360 g/mol. The normalized spacial score (nSPS) is 28.4. The van der Waals surface area contributed by atoms with Gasteiger partial charge in [0.05, 0.1) is 18.1 Å². The molecule has 1 aromatic carbocycles. The van der Waals surface area contributed by atoms with E-state index < -0.39 is 0 Å². The molecule has 27 heavy (non-hydrogen) atoms. The molecule has 2 saturated heterocycles. The summed E-state index contributed by atoms with van der Waals surface area (Å²) in [5.74, 6) is 1.66. The summed E-state index contributed by atoms with van der Waals surface area (Å²) in [7, 11) is 0. The van der Waals surface area contributed by atoms with Crippen molar-refractivity contribution in [2.24, 2.45) is 0 Å². The van der Waals surface area contributed by atoms with Crippen molar-refractivity contribution in [3.8, 4) is 11.5 Å². The third kappa shape index (κ3) is 3.69. The minimum absolute atomic E-state index is 0.0929. The maximum Gasteiger partial charge on any atom is 0.262 e. The molecule has 2 heterocycles. The molecule has 146 valence electrons. The van der Waals surface area contributed by atoms with Crippen molar-refractivity contribution in [3.63, 3.8) is 0 Å². The molecule has 1 N–H and O–H groups in total. The molecule has 5 nitrogen and oxygen atoms in total. The quantitative estimate of drug-likeness (QED) is 0.747. The summed E-state index contributed by atoms with van der Waals surface area (Å²) in [6, 6.07) is 6.73. The van der Waals surface area contributed by atoms with E-state index in [1.807, 2.05) is 31.2 Å². The van der Waals surface area contributed by atoms with Gasteiger partial charge >= 0.3 is 0 Å². The first-order valence-corrected chi connectivity index (χ1v) is 11.0. The molecule has 3 aliphatic rings. The SMILES string of the molecule is CCCOc1ccc(/C=C2\SC3NC4CCCCC4N3C2=O)cc1OCC. The van der Waals surface area contributed by atoms with Crippen LogP contribution in [0.3, 0.4) is 0 Å². The van der Waals surface area contributed by atoms with Gasteiger partial charge in [0.1, 0.15) is 5.50 Å². The number of ether oxygens (including phenoxy) is 2. The zero-order valence-electron chi connectivity index (χ0n) is 16.1. The van der Waals surface area contributed by atoms with E-state index in [1.54, 1.807) is 11.8 Å². The Morgan fingerprint density at radius 3 is 2.89 bits per heavy atom. The zero-order valence-corrected chi connectivity index (χ0v) is 16.9. The summed E-state index contributed by atoms with van der Waals surface area (Å²) in [5, 5.41) is 3.65. The van der Waals surface area contributed by atoms with Crippen LogP contribution in [0.15, 0.2) is 23.1 Å². The van der Waals surface area contributed by atoms with Gasteiger partial charge in [-0.2, -0.15) is 0 Å². The fourth-order valence-corrected chi connectivity index (χ4v) is 5.44. The smallest absolute Gasteiger partial charge is 0.262 e. The van der Waals surface area contributed by atoms with E-state index in [-0.39, 0.29) is 11.4 Å². The monoisotopic (exact) mass is 388 g/mol. The number of thioether (sulfide) groups is 1. The van der Waals surface area contributed by atoms with Crippen LogP contribution in [0.2, 0.25) is 0 Å². The molecule has 1 aromatic rings. The third-order valence-electron chi connectivity index (χ3n) is 5.41. The summed E-state index contributed by atoms with van der Waals surface area (Å²) in [4.78, 5) is 15.9. The topological polar surface area (TPSA) is 50.8 Å². The Bertz CT molecular complexity index is 736. The maximum atomic E-state index is 13.0. The van der Waals surface area contributed by atoms with Crippen LogP contribution in [0.4, 0.5) is 0 Å². The molecule has 6 heteroatoms. The number of amides is 1. The van der Waals surface area contributed by atoms with Crippen LogP contribution in [-0.4, -0.2) is 41.6 Å². The van der Waals surface area contributed by atoms with Crippen molar-refractivity contribution in [1.29, 1.82) is 0 Å². The number of carbonyl (C=O) groups is 1. The lowest BCUT2D eigenvalue weighted by molar-refractivity contribution is -0.127. The molecule has 0 bridgehead atoms. The first-order chi connectivity index (χ1) is 13.2. The predicted molar refractivity (Wildman–Crippen MR) is 109 cm³/mol. The van der Waals surface area contributed by atoms with Crippen LogP contribution in [0.5, 0.6) is 11.5 Å². The van der Waals surface area contributed by atoms with Gasteiger partial charge in [-0.15, -0.1) is 0 Å². The van der Waals surface area contributed by atoms with Crippen LogP contribution >= 0.6 is 11.8 Å². The van der Waals surface area contributed by atoms with E-state index in [0.717, 1.165) is 34.8 Å². The second kappa shape index (κ2) is 8.15. The molecule has 0 radical (unpaired) electrons. The van der Waals surface area contributed by atoms with Gasteiger partial charge < -0.3 is 14.4 Å². The van der Waals surface area contributed by atoms with E-state index in [4.69, 9.17) is 9.47 Å². The second-order valence-electron chi connectivity index (χ2n) is 7.30. The first kappa shape index (κ1) is 18.7. The number of nitrogens with zero attached hydrogens (tertiary/aromatic N) is 1. The van der Waals surface area contributed by atoms with Gasteiger partial charge in [-0.1, -0.05) is 37.6 Å². The van der Waals surface area contributed by atoms with Gasteiger partial charge in [0.2, 0.25) is 0 Å². The van der Waals surface area contributed by atoms with Crippen molar-refractivity contribution in [2.75, 3.05) is 13.2 Å². The predicted octanol–water partition coefficient (Wildman–Crippen LogP) is 3.99. The van der Waals surface area contributed by atoms with E-state index >= 15 is 0 Å². The average molecular weight is 389 g/mol. The van der Waals surface area contributed by atoms with Crippen molar-refractivity contribution in [1.82, 2.24) is 10.2 Å². The highest BCUT2D eigenvalue weighted by atomic mass is 32.2. The third-order valence-corrected chi connectivity index (χ3v) is 6.54. The summed E-state index contributed by atoms with van der Waals surface area (Å²) < 4.78 is 11.5. The summed E-state index contributed by atoms with van der Waals surface area (Å²) in [6.07, 6.45) is 7.72. The van der Waals surface area contributed by atoms with Crippen LogP contribution in [0.25, 0.3) is 6.08 Å². The molecule has 3 fully saturated rings. The van der Waals surface area contributed by atoms with Gasteiger partial charge in [-0.25, -0.2) is 0 Å². The summed E-state index contributed by atoms with van der Waals surface area (Å²) >= 11 is 1.64. The van der Waals surface area contributed by atoms with E-state index in [9.17, 15) is 4.79 Å². The minimum Gasteiger partial charge on any atom is -0.490 e. The Morgan fingerprint density at radius 1 is 1.22 bits per heavy atom. The fraction of sp³-hybridized carbons (Fsp3) is 0.571. The Labute approximate surface area is 165 Å². The number of fused-ring (bicyclic) bond motifs is 3. The van der Waals surface area contributed by atoms with Gasteiger partial charge in [0.25, 0.3) is 5.91 Å². The van der Waals surface area contributed by atoms with E-state index in [2.05, 4.69) is 17.1 Å².